The highest BCUT2D eigenvalue weighted by Gasteiger charge is 2.13. The molecule has 1 amide bonds. The largest absolute Gasteiger partial charge is 0.334 e. The number of hydrogen-bond donors (Lipinski definition) is 0. The average molecular weight is 266 g/mol. The summed E-state index contributed by atoms with van der Waals surface area (Å²) < 4.78 is 0. The molecule has 100 valence electrons. The predicted molar refractivity (Wildman–Crippen MR) is 73.7 cm³/mol. The zero-order valence-electron chi connectivity index (χ0n) is 11.4. The second-order valence-electron chi connectivity index (χ2n) is 4.48. The molecule has 2 heterocycles. The van der Waals surface area contributed by atoms with Crippen LogP contribution >= 0.6 is 0 Å². The molecule has 0 aliphatic heterocycles. The van der Waals surface area contributed by atoms with E-state index >= 15 is 0 Å². The Morgan fingerprint density at radius 3 is 2.75 bits per heavy atom. The number of aryl methyl sites for hydroxylation is 1. The molecule has 0 bridgehead atoms. The van der Waals surface area contributed by atoms with Crippen LogP contribution in [0.3, 0.4) is 0 Å². The van der Waals surface area contributed by atoms with Gasteiger partial charge in [0.1, 0.15) is 11.8 Å². The number of nitriles is 1. The van der Waals surface area contributed by atoms with Crippen molar-refractivity contribution in [1.82, 2.24) is 14.9 Å². The smallest absolute Gasteiger partial charge is 0.272 e. The van der Waals surface area contributed by atoms with Gasteiger partial charge in [-0.25, -0.2) is 4.98 Å². The lowest BCUT2D eigenvalue weighted by Gasteiger charge is -2.16. The molecule has 5 nitrogen and oxygen atoms in total. The molecule has 5 heteroatoms. The SMILES string of the molecule is Cc1cccc(CN(C)C(=O)c2ccc(C#N)cn2)n1. The number of pyridine rings is 2. The number of aromatic nitrogens is 2. The fraction of sp³-hybridized carbons (Fsp3) is 0.200. The summed E-state index contributed by atoms with van der Waals surface area (Å²) in [5.74, 6) is -0.196. The number of carbonyl (C=O) groups excluding carboxylic acids is 1. The van der Waals surface area contributed by atoms with Crippen LogP contribution in [-0.4, -0.2) is 27.8 Å². The highest BCUT2D eigenvalue weighted by Crippen LogP contribution is 2.06. The first kappa shape index (κ1) is 13.7. The first-order valence-electron chi connectivity index (χ1n) is 6.14. The molecule has 0 radical (unpaired) electrons. The average Bonchev–Trinajstić information content (AvgIpc) is 2.46. The van der Waals surface area contributed by atoms with Crippen LogP contribution in [-0.2, 0) is 6.54 Å². The molecule has 0 aliphatic rings. The fourth-order valence-corrected chi connectivity index (χ4v) is 1.78. The van der Waals surface area contributed by atoms with Crippen molar-refractivity contribution < 1.29 is 4.79 Å². The third-order valence-corrected chi connectivity index (χ3v) is 2.80. The Morgan fingerprint density at radius 1 is 1.35 bits per heavy atom. The van der Waals surface area contributed by atoms with Crippen molar-refractivity contribution in [3.8, 4) is 6.07 Å². The highest BCUT2D eigenvalue weighted by molar-refractivity contribution is 5.92. The minimum absolute atomic E-state index is 0.196. The van der Waals surface area contributed by atoms with E-state index in [9.17, 15) is 4.79 Å². The minimum atomic E-state index is -0.196. The summed E-state index contributed by atoms with van der Waals surface area (Å²) in [4.78, 5) is 22.1. The Labute approximate surface area is 117 Å². The highest BCUT2D eigenvalue weighted by atomic mass is 16.2. The van der Waals surface area contributed by atoms with E-state index in [4.69, 9.17) is 5.26 Å². The monoisotopic (exact) mass is 266 g/mol. The molecule has 2 aromatic heterocycles. The van der Waals surface area contributed by atoms with E-state index < -0.39 is 0 Å². The zero-order chi connectivity index (χ0) is 14.5. The van der Waals surface area contributed by atoms with Gasteiger partial charge in [0.15, 0.2) is 0 Å². The van der Waals surface area contributed by atoms with Gasteiger partial charge >= 0.3 is 0 Å². The van der Waals surface area contributed by atoms with E-state index in [1.54, 1.807) is 24.1 Å². The molecule has 2 aromatic rings. The molecule has 0 aromatic carbocycles. The summed E-state index contributed by atoms with van der Waals surface area (Å²) in [7, 11) is 1.70. The van der Waals surface area contributed by atoms with Gasteiger partial charge in [0.05, 0.1) is 17.8 Å². The lowest BCUT2D eigenvalue weighted by atomic mass is 10.2. The maximum absolute atomic E-state index is 12.2. The van der Waals surface area contributed by atoms with Crippen molar-refractivity contribution in [2.45, 2.75) is 13.5 Å². The van der Waals surface area contributed by atoms with Crippen molar-refractivity contribution in [3.63, 3.8) is 0 Å². The van der Waals surface area contributed by atoms with E-state index in [2.05, 4.69) is 9.97 Å². The lowest BCUT2D eigenvalue weighted by molar-refractivity contribution is 0.0777. The molecule has 0 saturated heterocycles. The van der Waals surface area contributed by atoms with Gasteiger partial charge in [0.2, 0.25) is 0 Å². The van der Waals surface area contributed by atoms with Gasteiger partial charge in [-0.3, -0.25) is 9.78 Å². The fourth-order valence-electron chi connectivity index (χ4n) is 1.78. The van der Waals surface area contributed by atoms with E-state index in [1.165, 1.54) is 6.20 Å². The summed E-state index contributed by atoms with van der Waals surface area (Å²) in [5.41, 5.74) is 2.50. The van der Waals surface area contributed by atoms with Crippen LogP contribution < -0.4 is 0 Å². The normalized spacial score (nSPS) is 9.85. The van der Waals surface area contributed by atoms with Crippen molar-refractivity contribution >= 4 is 5.91 Å². The topological polar surface area (TPSA) is 69.9 Å². The Balaban J connectivity index is 2.10. The Bertz CT molecular complexity index is 658. The summed E-state index contributed by atoms with van der Waals surface area (Å²) in [6, 6.07) is 10.8. The minimum Gasteiger partial charge on any atom is -0.334 e. The van der Waals surface area contributed by atoms with Crippen LogP contribution in [0.5, 0.6) is 0 Å². The van der Waals surface area contributed by atoms with Gasteiger partial charge in [-0.05, 0) is 31.2 Å². The van der Waals surface area contributed by atoms with E-state index in [0.717, 1.165) is 11.4 Å². The van der Waals surface area contributed by atoms with Crippen LogP contribution in [0.1, 0.15) is 27.4 Å². The maximum atomic E-state index is 12.2. The third-order valence-electron chi connectivity index (χ3n) is 2.80. The summed E-state index contributed by atoms with van der Waals surface area (Å²) in [6.07, 6.45) is 1.39. The second-order valence-corrected chi connectivity index (χ2v) is 4.48. The van der Waals surface area contributed by atoms with Crippen molar-refractivity contribution in [2.75, 3.05) is 7.05 Å². The summed E-state index contributed by atoms with van der Waals surface area (Å²) in [5, 5.41) is 8.70. The van der Waals surface area contributed by atoms with E-state index in [-0.39, 0.29) is 5.91 Å². The molecule has 0 saturated carbocycles. The lowest BCUT2D eigenvalue weighted by Crippen LogP contribution is -2.27. The zero-order valence-corrected chi connectivity index (χ0v) is 11.4. The Kier molecular flexibility index (Phi) is 4.06. The summed E-state index contributed by atoms with van der Waals surface area (Å²) in [6.45, 7) is 2.33. The quantitative estimate of drug-likeness (QED) is 0.851. The van der Waals surface area contributed by atoms with Gasteiger partial charge < -0.3 is 4.90 Å². The molecule has 0 aliphatic carbocycles. The third kappa shape index (κ3) is 3.18. The van der Waals surface area contributed by atoms with Gasteiger partial charge in [0.25, 0.3) is 5.91 Å². The van der Waals surface area contributed by atoms with Crippen LogP contribution in [0.15, 0.2) is 36.5 Å². The molecular formula is C15H14N4O. The molecule has 2 rings (SSSR count). The van der Waals surface area contributed by atoms with Crippen LogP contribution in [0.25, 0.3) is 0 Å². The molecule has 0 fully saturated rings. The standard InChI is InChI=1S/C15H14N4O/c1-11-4-3-5-13(18-11)10-19(2)15(20)14-7-6-12(8-16)9-17-14/h3-7,9H,10H2,1-2H3. The molecular weight excluding hydrogens is 252 g/mol. The van der Waals surface area contributed by atoms with Gasteiger partial charge in [0, 0.05) is 18.9 Å². The molecule has 0 unspecified atom stereocenters. The predicted octanol–water partition coefficient (Wildman–Crippen LogP) is 1.93. The van der Waals surface area contributed by atoms with Gasteiger partial charge in [-0.2, -0.15) is 5.26 Å². The van der Waals surface area contributed by atoms with Gasteiger partial charge in [-0.15, -0.1) is 0 Å². The first-order chi connectivity index (χ1) is 9.60. The Hall–Kier alpha value is -2.74. The number of amides is 1. The Morgan fingerprint density at radius 2 is 2.15 bits per heavy atom. The summed E-state index contributed by atoms with van der Waals surface area (Å²) >= 11 is 0. The van der Waals surface area contributed by atoms with Crippen molar-refractivity contribution in [3.05, 3.63) is 59.2 Å². The number of rotatable bonds is 3. The molecule has 0 spiro atoms. The molecule has 0 atom stereocenters. The first-order valence-corrected chi connectivity index (χ1v) is 6.14. The number of hydrogen-bond acceptors (Lipinski definition) is 4. The number of carbonyl (C=O) groups is 1. The van der Waals surface area contributed by atoms with Crippen LogP contribution in [0.2, 0.25) is 0 Å². The van der Waals surface area contributed by atoms with Crippen molar-refractivity contribution in [1.29, 1.82) is 5.26 Å². The molecule has 20 heavy (non-hydrogen) atoms. The van der Waals surface area contributed by atoms with E-state index in [1.807, 2.05) is 31.2 Å². The van der Waals surface area contributed by atoms with Gasteiger partial charge in [-0.1, -0.05) is 6.07 Å². The number of nitrogens with zero attached hydrogens (tertiary/aromatic N) is 4. The van der Waals surface area contributed by atoms with E-state index in [0.29, 0.717) is 17.8 Å². The second kappa shape index (κ2) is 5.93. The van der Waals surface area contributed by atoms with Crippen LogP contribution in [0.4, 0.5) is 0 Å². The maximum Gasteiger partial charge on any atom is 0.272 e. The molecule has 0 N–H and O–H groups in total. The van der Waals surface area contributed by atoms with Crippen LogP contribution in [0, 0.1) is 18.3 Å². The van der Waals surface area contributed by atoms with Crippen molar-refractivity contribution in [2.24, 2.45) is 0 Å².